The summed E-state index contributed by atoms with van der Waals surface area (Å²) in [5.74, 6) is 0.630. The Morgan fingerprint density at radius 2 is 2.14 bits per heavy atom. The molecule has 0 saturated heterocycles. The molecule has 2 N–H and O–H groups in total. The standard InChI is InChI=1S/C16H25N3O2/c1-3-19(13-8-9-13)11-10-17-12-16(20)18-14-6-4-5-7-15(14)21-2/h4-7,13,17H,3,8-12H2,1-2H3,(H,18,20). The van der Waals surface area contributed by atoms with Crippen molar-refractivity contribution in [3.05, 3.63) is 24.3 Å². The Bertz CT molecular complexity index is 461. The molecule has 0 radical (unpaired) electrons. The zero-order valence-corrected chi connectivity index (χ0v) is 12.9. The summed E-state index contributed by atoms with van der Waals surface area (Å²) in [6.07, 6.45) is 2.64. The van der Waals surface area contributed by atoms with Gasteiger partial charge < -0.3 is 15.4 Å². The lowest BCUT2D eigenvalue weighted by Gasteiger charge is -2.19. The van der Waals surface area contributed by atoms with Crippen molar-refractivity contribution < 1.29 is 9.53 Å². The summed E-state index contributed by atoms with van der Waals surface area (Å²) >= 11 is 0. The topological polar surface area (TPSA) is 53.6 Å². The molecule has 1 saturated carbocycles. The number of para-hydroxylation sites is 2. The number of anilines is 1. The number of ether oxygens (including phenoxy) is 1. The van der Waals surface area contributed by atoms with Crippen molar-refractivity contribution in [1.82, 2.24) is 10.2 Å². The van der Waals surface area contributed by atoms with Crippen LogP contribution in [0.25, 0.3) is 0 Å². The zero-order valence-electron chi connectivity index (χ0n) is 12.9. The third kappa shape index (κ3) is 5.02. The van der Waals surface area contributed by atoms with Crippen LogP contribution in [0.15, 0.2) is 24.3 Å². The SMILES string of the molecule is CCN(CCNCC(=O)Nc1ccccc1OC)C1CC1. The van der Waals surface area contributed by atoms with E-state index in [1.165, 1.54) is 12.8 Å². The summed E-state index contributed by atoms with van der Waals surface area (Å²) < 4.78 is 5.21. The minimum atomic E-state index is -0.0472. The minimum absolute atomic E-state index is 0.0472. The molecule has 0 aliphatic heterocycles. The number of nitrogens with one attached hydrogen (secondary N) is 2. The van der Waals surface area contributed by atoms with Gasteiger partial charge >= 0.3 is 0 Å². The number of carbonyl (C=O) groups is 1. The normalized spacial score (nSPS) is 14.2. The van der Waals surface area contributed by atoms with Crippen LogP contribution in [0.4, 0.5) is 5.69 Å². The summed E-state index contributed by atoms with van der Waals surface area (Å²) in [5.41, 5.74) is 0.708. The van der Waals surface area contributed by atoms with E-state index in [1.54, 1.807) is 7.11 Å². The Labute approximate surface area is 126 Å². The number of nitrogens with zero attached hydrogens (tertiary/aromatic N) is 1. The molecular formula is C16H25N3O2. The summed E-state index contributed by atoms with van der Waals surface area (Å²) in [6.45, 7) is 5.43. The molecule has 0 bridgehead atoms. The first-order chi connectivity index (χ1) is 10.2. The van der Waals surface area contributed by atoms with E-state index < -0.39 is 0 Å². The van der Waals surface area contributed by atoms with Crippen molar-refractivity contribution in [2.24, 2.45) is 0 Å². The second-order valence-electron chi connectivity index (χ2n) is 5.29. The van der Waals surface area contributed by atoms with E-state index in [-0.39, 0.29) is 5.91 Å². The van der Waals surface area contributed by atoms with Crippen molar-refractivity contribution in [1.29, 1.82) is 0 Å². The molecule has 1 aromatic rings. The maximum atomic E-state index is 11.9. The highest BCUT2D eigenvalue weighted by molar-refractivity contribution is 5.93. The predicted molar refractivity (Wildman–Crippen MR) is 84.8 cm³/mol. The van der Waals surface area contributed by atoms with Gasteiger partial charge in [-0.25, -0.2) is 0 Å². The minimum Gasteiger partial charge on any atom is -0.495 e. The Hall–Kier alpha value is -1.59. The number of carbonyl (C=O) groups excluding carboxylic acids is 1. The molecule has 5 nitrogen and oxygen atoms in total. The van der Waals surface area contributed by atoms with Gasteiger partial charge in [0.15, 0.2) is 0 Å². The number of hydrogen-bond donors (Lipinski definition) is 2. The van der Waals surface area contributed by atoms with E-state index in [0.717, 1.165) is 25.7 Å². The highest BCUT2D eigenvalue weighted by Gasteiger charge is 2.27. The van der Waals surface area contributed by atoms with Gasteiger partial charge in [0.2, 0.25) is 5.91 Å². The summed E-state index contributed by atoms with van der Waals surface area (Å²) in [5, 5.41) is 6.05. The lowest BCUT2D eigenvalue weighted by molar-refractivity contribution is -0.115. The fourth-order valence-electron chi connectivity index (χ4n) is 2.41. The number of hydrogen-bond acceptors (Lipinski definition) is 4. The van der Waals surface area contributed by atoms with Crippen LogP contribution in [-0.4, -0.2) is 50.1 Å². The summed E-state index contributed by atoms with van der Waals surface area (Å²) in [6, 6.07) is 8.20. The van der Waals surface area contributed by atoms with Crippen molar-refractivity contribution in [3.8, 4) is 5.75 Å². The van der Waals surface area contributed by atoms with Crippen molar-refractivity contribution in [2.75, 3.05) is 38.6 Å². The molecule has 1 aliphatic rings. The first-order valence-electron chi connectivity index (χ1n) is 7.62. The van der Waals surface area contributed by atoms with E-state index in [9.17, 15) is 4.79 Å². The molecule has 1 amide bonds. The van der Waals surface area contributed by atoms with E-state index in [4.69, 9.17) is 4.74 Å². The molecule has 0 spiro atoms. The van der Waals surface area contributed by atoms with Crippen molar-refractivity contribution in [2.45, 2.75) is 25.8 Å². The largest absolute Gasteiger partial charge is 0.495 e. The molecule has 1 aliphatic carbocycles. The van der Waals surface area contributed by atoms with Gasteiger partial charge in [-0.2, -0.15) is 0 Å². The van der Waals surface area contributed by atoms with Gasteiger partial charge in [-0.1, -0.05) is 19.1 Å². The molecule has 5 heteroatoms. The number of rotatable bonds is 9. The number of amides is 1. The maximum Gasteiger partial charge on any atom is 0.238 e. The fraction of sp³-hybridized carbons (Fsp3) is 0.562. The second-order valence-corrected chi connectivity index (χ2v) is 5.29. The first-order valence-corrected chi connectivity index (χ1v) is 7.62. The number of likely N-dealkylation sites (N-methyl/N-ethyl adjacent to an activating group) is 1. The van der Waals surface area contributed by atoms with Gasteiger partial charge in [-0.05, 0) is 31.5 Å². The fourth-order valence-corrected chi connectivity index (χ4v) is 2.41. The molecule has 0 atom stereocenters. The molecule has 0 aromatic heterocycles. The molecule has 0 heterocycles. The Morgan fingerprint density at radius 3 is 2.81 bits per heavy atom. The van der Waals surface area contributed by atoms with Gasteiger partial charge in [-0.15, -0.1) is 0 Å². The summed E-state index contributed by atoms with van der Waals surface area (Å²) in [7, 11) is 1.60. The molecule has 116 valence electrons. The predicted octanol–water partition coefficient (Wildman–Crippen LogP) is 1.71. The average molecular weight is 291 g/mol. The molecule has 1 fully saturated rings. The quantitative estimate of drug-likeness (QED) is 0.680. The smallest absolute Gasteiger partial charge is 0.238 e. The van der Waals surface area contributed by atoms with Crippen LogP contribution in [0.1, 0.15) is 19.8 Å². The third-order valence-corrected chi connectivity index (χ3v) is 3.71. The third-order valence-electron chi connectivity index (χ3n) is 3.71. The van der Waals surface area contributed by atoms with Crippen LogP contribution in [-0.2, 0) is 4.79 Å². The van der Waals surface area contributed by atoms with E-state index in [1.807, 2.05) is 24.3 Å². The van der Waals surface area contributed by atoms with Crippen LogP contribution in [0.3, 0.4) is 0 Å². The van der Waals surface area contributed by atoms with Crippen LogP contribution >= 0.6 is 0 Å². The lowest BCUT2D eigenvalue weighted by Crippen LogP contribution is -2.36. The Morgan fingerprint density at radius 1 is 1.38 bits per heavy atom. The van der Waals surface area contributed by atoms with Crippen molar-refractivity contribution >= 4 is 11.6 Å². The highest BCUT2D eigenvalue weighted by Crippen LogP contribution is 2.25. The number of benzene rings is 1. The highest BCUT2D eigenvalue weighted by atomic mass is 16.5. The van der Waals surface area contributed by atoms with Crippen LogP contribution in [0.5, 0.6) is 5.75 Å². The summed E-state index contributed by atoms with van der Waals surface area (Å²) in [4.78, 5) is 14.4. The Kier molecular flexibility index (Phi) is 6.02. The average Bonchev–Trinajstić information content (AvgIpc) is 3.32. The van der Waals surface area contributed by atoms with Gasteiger partial charge in [0.25, 0.3) is 0 Å². The molecule has 21 heavy (non-hydrogen) atoms. The monoisotopic (exact) mass is 291 g/mol. The maximum absolute atomic E-state index is 11.9. The van der Waals surface area contributed by atoms with Gasteiger partial charge in [0.05, 0.1) is 19.3 Å². The van der Waals surface area contributed by atoms with E-state index in [2.05, 4.69) is 22.5 Å². The van der Waals surface area contributed by atoms with Crippen LogP contribution < -0.4 is 15.4 Å². The van der Waals surface area contributed by atoms with Gasteiger partial charge in [0, 0.05) is 19.1 Å². The molecule has 0 unspecified atom stereocenters. The molecular weight excluding hydrogens is 266 g/mol. The van der Waals surface area contributed by atoms with E-state index >= 15 is 0 Å². The second kappa shape index (κ2) is 8.00. The van der Waals surface area contributed by atoms with E-state index in [0.29, 0.717) is 18.0 Å². The van der Waals surface area contributed by atoms with Gasteiger partial charge in [0.1, 0.15) is 5.75 Å². The lowest BCUT2D eigenvalue weighted by atomic mass is 10.3. The first kappa shape index (κ1) is 15.8. The molecule has 1 aromatic carbocycles. The number of methoxy groups -OCH3 is 1. The zero-order chi connectivity index (χ0) is 15.1. The molecule has 2 rings (SSSR count). The van der Waals surface area contributed by atoms with Crippen molar-refractivity contribution in [3.63, 3.8) is 0 Å². The van der Waals surface area contributed by atoms with Crippen LogP contribution in [0, 0.1) is 0 Å². The van der Waals surface area contributed by atoms with Crippen LogP contribution in [0.2, 0.25) is 0 Å². The Balaban J connectivity index is 1.67. The van der Waals surface area contributed by atoms with Gasteiger partial charge in [-0.3, -0.25) is 9.69 Å².